The van der Waals surface area contributed by atoms with Crippen LogP contribution in [0.5, 0.6) is 5.88 Å². The van der Waals surface area contributed by atoms with Crippen LogP contribution in [-0.4, -0.2) is 12.1 Å². The molecule has 1 heterocycles. The van der Waals surface area contributed by atoms with Crippen LogP contribution in [0.1, 0.15) is 22.7 Å². The second kappa shape index (κ2) is 5.94. The van der Waals surface area contributed by atoms with Crippen LogP contribution in [0.2, 0.25) is 0 Å². The van der Waals surface area contributed by atoms with E-state index in [-0.39, 0.29) is 11.4 Å². The van der Waals surface area contributed by atoms with Gasteiger partial charge in [0.1, 0.15) is 5.82 Å². The zero-order chi connectivity index (χ0) is 14.7. The fraction of sp³-hybridized carbons (Fsp3) is 0.214. The van der Waals surface area contributed by atoms with Gasteiger partial charge in [-0.15, -0.1) is 0 Å². The maximum atomic E-state index is 14.2. The molecule has 20 heavy (non-hydrogen) atoms. The molecule has 106 valence electrons. The number of pyridine rings is 1. The van der Waals surface area contributed by atoms with Gasteiger partial charge >= 0.3 is 0 Å². The number of hydrogen-bond acceptors (Lipinski definition) is 4. The first-order chi connectivity index (χ1) is 9.56. The molecular formula is C14H15F2N3O. The minimum atomic E-state index is -0.693. The summed E-state index contributed by atoms with van der Waals surface area (Å²) in [7, 11) is 1.33. The number of halogens is 2. The van der Waals surface area contributed by atoms with E-state index in [0.717, 1.165) is 5.56 Å². The lowest BCUT2D eigenvalue weighted by molar-refractivity contribution is 0.364. The van der Waals surface area contributed by atoms with Crippen molar-refractivity contribution in [2.24, 2.45) is 5.84 Å². The lowest BCUT2D eigenvalue weighted by Crippen LogP contribution is -2.29. The van der Waals surface area contributed by atoms with E-state index in [1.54, 1.807) is 13.0 Å². The largest absolute Gasteiger partial charge is 0.479 e. The van der Waals surface area contributed by atoms with Crippen LogP contribution >= 0.6 is 0 Å². The quantitative estimate of drug-likeness (QED) is 0.665. The van der Waals surface area contributed by atoms with Crippen LogP contribution in [0, 0.1) is 18.6 Å². The van der Waals surface area contributed by atoms with Gasteiger partial charge in [-0.2, -0.15) is 0 Å². The number of methoxy groups -OCH3 is 1. The summed E-state index contributed by atoms with van der Waals surface area (Å²) < 4.78 is 32.5. The monoisotopic (exact) mass is 279 g/mol. The van der Waals surface area contributed by atoms with Crippen molar-refractivity contribution in [2.45, 2.75) is 13.0 Å². The van der Waals surface area contributed by atoms with E-state index in [2.05, 4.69) is 10.4 Å². The minimum Gasteiger partial charge on any atom is -0.479 e. The topological polar surface area (TPSA) is 60.2 Å². The maximum Gasteiger partial charge on any atom is 0.250 e. The minimum absolute atomic E-state index is 0.129. The Bertz CT molecular complexity index is 599. The molecular weight excluding hydrogens is 264 g/mol. The Balaban J connectivity index is 2.52. The molecule has 2 aromatic rings. The summed E-state index contributed by atoms with van der Waals surface area (Å²) >= 11 is 0. The van der Waals surface area contributed by atoms with Gasteiger partial charge in [-0.1, -0.05) is 6.07 Å². The van der Waals surface area contributed by atoms with Crippen LogP contribution in [-0.2, 0) is 0 Å². The number of rotatable bonds is 4. The Kier molecular flexibility index (Phi) is 4.26. The molecule has 3 N–H and O–H groups in total. The zero-order valence-electron chi connectivity index (χ0n) is 11.2. The second-order valence-corrected chi connectivity index (χ2v) is 4.39. The van der Waals surface area contributed by atoms with Gasteiger partial charge in [0.05, 0.1) is 13.2 Å². The number of hydrazine groups is 1. The number of nitrogens with zero attached hydrogens (tertiary/aromatic N) is 1. The molecule has 0 fully saturated rings. The van der Waals surface area contributed by atoms with Crippen molar-refractivity contribution in [2.75, 3.05) is 7.11 Å². The van der Waals surface area contributed by atoms with Crippen molar-refractivity contribution < 1.29 is 13.5 Å². The average molecular weight is 279 g/mol. The smallest absolute Gasteiger partial charge is 0.250 e. The van der Waals surface area contributed by atoms with Gasteiger partial charge in [-0.3, -0.25) is 5.84 Å². The molecule has 4 nitrogen and oxygen atoms in total. The molecule has 0 radical (unpaired) electrons. The number of nitrogens with one attached hydrogen (secondary N) is 1. The van der Waals surface area contributed by atoms with Gasteiger partial charge in [0.25, 0.3) is 0 Å². The third kappa shape index (κ3) is 2.76. The third-order valence-corrected chi connectivity index (χ3v) is 2.96. The highest BCUT2D eigenvalue weighted by atomic mass is 19.1. The predicted octanol–water partition coefficient (Wildman–Crippen LogP) is 2.23. The standard InChI is InChI=1S/C14H15F2N3O/c1-8-5-9(7-10(15)6-8)13(19-17)11-3-4-18-14(20-2)12(11)16/h3-7,13,19H,17H2,1-2H3. The summed E-state index contributed by atoms with van der Waals surface area (Å²) in [6.45, 7) is 1.75. The second-order valence-electron chi connectivity index (χ2n) is 4.39. The van der Waals surface area contributed by atoms with E-state index < -0.39 is 17.7 Å². The lowest BCUT2D eigenvalue weighted by atomic mass is 9.98. The molecule has 1 aromatic carbocycles. The Hall–Kier alpha value is -2.05. The summed E-state index contributed by atoms with van der Waals surface area (Å²) in [5.41, 5.74) is 3.98. The fourth-order valence-electron chi connectivity index (χ4n) is 2.10. The summed E-state index contributed by atoms with van der Waals surface area (Å²) in [4.78, 5) is 3.76. The molecule has 0 saturated heterocycles. The summed E-state index contributed by atoms with van der Waals surface area (Å²) in [6, 6.07) is 5.22. The molecule has 0 aliphatic heterocycles. The first kappa shape index (κ1) is 14.4. The van der Waals surface area contributed by atoms with Crippen LogP contribution in [0.4, 0.5) is 8.78 Å². The van der Waals surface area contributed by atoms with Crippen molar-refractivity contribution in [1.82, 2.24) is 10.4 Å². The maximum absolute atomic E-state index is 14.2. The van der Waals surface area contributed by atoms with Gasteiger partial charge in [0, 0.05) is 11.8 Å². The van der Waals surface area contributed by atoms with Crippen molar-refractivity contribution >= 4 is 0 Å². The predicted molar refractivity (Wildman–Crippen MR) is 71.1 cm³/mol. The number of aryl methyl sites for hydroxylation is 1. The zero-order valence-corrected chi connectivity index (χ0v) is 11.2. The van der Waals surface area contributed by atoms with E-state index in [1.165, 1.54) is 31.5 Å². The average Bonchev–Trinajstić information content (AvgIpc) is 2.40. The SMILES string of the molecule is COc1nccc(C(NN)c2cc(C)cc(F)c2)c1F. The molecule has 1 atom stereocenters. The highest BCUT2D eigenvalue weighted by Gasteiger charge is 2.20. The van der Waals surface area contributed by atoms with Crippen molar-refractivity contribution in [3.05, 3.63) is 58.8 Å². The molecule has 0 saturated carbocycles. The van der Waals surface area contributed by atoms with Crippen molar-refractivity contribution in [1.29, 1.82) is 0 Å². The molecule has 1 unspecified atom stereocenters. The molecule has 6 heteroatoms. The molecule has 1 aromatic heterocycles. The Morgan fingerprint density at radius 3 is 2.65 bits per heavy atom. The van der Waals surface area contributed by atoms with Gasteiger partial charge < -0.3 is 4.74 Å². The normalized spacial score (nSPS) is 12.2. The Morgan fingerprint density at radius 2 is 2.05 bits per heavy atom. The highest BCUT2D eigenvalue weighted by Crippen LogP contribution is 2.28. The van der Waals surface area contributed by atoms with Gasteiger partial charge in [0.2, 0.25) is 5.88 Å². The molecule has 2 rings (SSSR count). The van der Waals surface area contributed by atoms with E-state index in [0.29, 0.717) is 5.56 Å². The molecule has 0 bridgehead atoms. The van der Waals surface area contributed by atoms with Gasteiger partial charge in [0.15, 0.2) is 5.82 Å². The van der Waals surface area contributed by atoms with Gasteiger partial charge in [-0.05, 0) is 36.2 Å². The van der Waals surface area contributed by atoms with Crippen LogP contribution < -0.4 is 16.0 Å². The Morgan fingerprint density at radius 1 is 1.30 bits per heavy atom. The Labute approximate surface area is 115 Å². The summed E-state index contributed by atoms with van der Waals surface area (Å²) in [5.74, 6) is 4.34. The first-order valence-electron chi connectivity index (χ1n) is 5.98. The van der Waals surface area contributed by atoms with Crippen LogP contribution in [0.3, 0.4) is 0 Å². The number of nitrogens with two attached hydrogens (primary N) is 1. The summed E-state index contributed by atoms with van der Waals surface area (Å²) in [5, 5.41) is 0. The van der Waals surface area contributed by atoms with Crippen molar-refractivity contribution in [3.8, 4) is 5.88 Å². The molecule has 0 amide bonds. The van der Waals surface area contributed by atoms with E-state index in [4.69, 9.17) is 10.6 Å². The number of benzene rings is 1. The highest BCUT2D eigenvalue weighted by molar-refractivity contribution is 5.36. The van der Waals surface area contributed by atoms with Crippen molar-refractivity contribution in [3.63, 3.8) is 0 Å². The number of ether oxygens (including phenoxy) is 1. The lowest BCUT2D eigenvalue weighted by Gasteiger charge is -2.18. The van der Waals surface area contributed by atoms with Crippen LogP contribution in [0.15, 0.2) is 30.5 Å². The summed E-state index contributed by atoms with van der Waals surface area (Å²) in [6.07, 6.45) is 1.41. The number of hydrogen-bond donors (Lipinski definition) is 2. The van der Waals surface area contributed by atoms with E-state index in [1.807, 2.05) is 0 Å². The van der Waals surface area contributed by atoms with E-state index in [9.17, 15) is 8.78 Å². The van der Waals surface area contributed by atoms with Gasteiger partial charge in [-0.25, -0.2) is 19.2 Å². The van der Waals surface area contributed by atoms with E-state index >= 15 is 0 Å². The van der Waals surface area contributed by atoms with Crippen LogP contribution in [0.25, 0.3) is 0 Å². The third-order valence-electron chi connectivity index (χ3n) is 2.96. The molecule has 0 aliphatic rings. The fourth-order valence-corrected chi connectivity index (χ4v) is 2.10. The first-order valence-corrected chi connectivity index (χ1v) is 5.98. The number of aromatic nitrogens is 1. The molecule has 0 spiro atoms. The molecule has 0 aliphatic carbocycles.